The van der Waals surface area contributed by atoms with Crippen molar-refractivity contribution in [2.45, 2.75) is 26.7 Å². The Balaban J connectivity index is 1.89. The molecular formula is C19H22N2O2. The topological polar surface area (TPSA) is 58.2 Å². The molecule has 0 aliphatic rings. The number of carbonyl (C=O) groups is 2. The highest BCUT2D eigenvalue weighted by Crippen LogP contribution is 2.16. The fraction of sp³-hybridized carbons (Fsp3) is 0.263. The van der Waals surface area contributed by atoms with Gasteiger partial charge in [0, 0.05) is 12.2 Å². The van der Waals surface area contributed by atoms with E-state index in [0.717, 1.165) is 16.7 Å². The van der Waals surface area contributed by atoms with E-state index < -0.39 is 11.8 Å². The lowest BCUT2D eigenvalue weighted by molar-refractivity contribution is -0.136. The number of hydrogen-bond donors (Lipinski definition) is 2. The Kier molecular flexibility index (Phi) is 5.52. The van der Waals surface area contributed by atoms with Gasteiger partial charge in [0.25, 0.3) is 0 Å². The summed E-state index contributed by atoms with van der Waals surface area (Å²) < 4.78 is 0. The molecule has 2 amide bonds. The van der Waals surface area contributed by atoms with Crippen molar-refractivity contribution in [3.63, 3.8) is 0 Å². The minimum Gasteiger partial charge on any atom is -0.347 e. The molecule has 0 saturated heterocycles. The van der Waals surface area contributed by atoms with Crippen LogP contribution in [0.3, 0.4) is 0 Å². The first kappa shape index (κ1) is 16.7. The van der Waals surface area contributed by atoms with Gasteiger partial charge in [-0.2, -0.15) is 0 Å². The average molecular weight is 310 g/mol. The monoisotopic (exact) mass is 310 g/mol. The van der Waals surface area contributed by atoms with Crippen LogP contribution in [0.1, 0.15) is 29.5 Å². The van der Waals surface area contributed by atoms with Crippen molar-refractivity contribution < 1.29 is 9.59 Å². The van der Waals surface area contributed by atoms with E-state index in [1.165, 1.54) is 0 Å². The largest absolute Gasteiger partial charge is 0.347 e. The molecule has 1 atom stereocenters. The quantitative estimate of drug-likeness (QED) is 0.852. The van der Waals surface area contributed by atoms with Gasteiger partial charge in [-0.25, -0.2) is 0 Å². The second-order valence-corrected chi connectivity index (χ2v) is 5.79. The minimum atomic E-state index is -0.641. The van der Waals surface area contributed by atoms with Crippen molar-refractivity contribution in [1.29, 1.82) is 0 Å². The zero-order valence-electron chi connectivity index (χ0n) is 13.7. The molecule has 2 rings (SSSR count). The van der Waals surface area contributed by atoms with Crippen LogP contribution in [-0.2, 0) is 9.59 Å². The summed E-state index contributed by atoms with van der Waals surface area (Å²) in [5, 5.41) is 5.33. The van der Waals surface area contributed by atoms with E-state index in [1.54, 1.807) is 0 Å². The number of rotatable bonds is 4. The Hall–Kier alpha value is -2.62. The van der Waals surface area contributed by atoms with Crippen molar-refractivity contribution in [2.24, 2.45) is 0 Å². The molecule has 2 aromatic carbocycles. The average Bonchev–Trinajstić information content (AvgIpc) is 2.55. The number of carbonyl (C=O) groups excluding carboxylic acids is 2. The summed E-state index contributed by atoms with van der Waals surface area (Å²) in [6, 6.07) is 15.6. The second-order valence-electron chi connectivity index (χ2n) is 5.79. The van der Waals surface area contributed by atoms with E-state index in [1.807, 2.05) is 69.3 Å². The molecule has 0 aromatic heterocycles. The van der Waals surface area contributed by atoms with Crippen molar-refractivity contribution in [3.8, 4) is 0 Å². The van der Waals surface area contributed by atoms with Gasteiger partial charge in [-0.1, -0.05) is 55.0 Å². The van der Waals surface area contributed by atoms with E-state index in [0.29, 0.717) is 12.2 Å². The lowest BCUT2D eigenvalue weighted by Crippen LogP contribution is -2.37. The summed E-state index contributed by atoms with van der Waals surface area (Å²) in [4.78, 5) is 23.9. The van der Waals surface area contributed by atoms with Gasteiger partial charge >= 0.3 is 11.8 Å². The number of anilines is 1. The molecule has 0 saturated carbocycles. The predicted molar refractivity (Wildman–Crippen MR) is 92.4 cm³/mol. The summed E-state index contributed by atoms with van der Waals surface area (Å²) in [7, 11) is 0. The van der Waals surface area contributed by atoms with Crippen LogP contribution in [0.25, 0.3) is 0 Å². The van der Waals surface area contributed by atoms with E-state index in [9.17, 15) is 9.59 Å². The number of nitrogens with one attached hydrogen (secondary N) is 2. The van der Waals surface area contributed by atoms with E-state index in [2.05, 4.69) is 10.6 Å². The molecule has 0 fully saturated rings. The molecule has 23 heavy (non-hydrogen) atoms. The molecule has 0 spiro atoms. The maximum atomic E-state index is 12.0. The van der Waals surface area contributed by atoms with E-state index >= 15 is 0 Å². The summed E-state index contributed by atoms with van der Waals surface area (Å²) >= 11 is 0. The smallest absolute Gasteiger partial charge is 0.313 e. The standard InChI is InChI=1S/C19H22N2O2/c1-13-9-10-17(14(2)11-13)21-19(23)18(22)20-12-15(3)16-7-5-4-6-8-16/h4-11,15H,12H2,1-3H3,(H,20,22)(H,21,23)/t15-/m0/s1. The van der Waals surface area contributed by atoms with Crippen LogP contribution >= 0.6 is 0 Å². The Labute approximate surface area is 136 Å². The van der Waals surface area contributed by atoms with Crippen LogP contribution in [0.5, 0.6) is 0 Å². The van der Waals surface area contributed by atoms with E-state index in [-0.39, 0.29) is 5.92 Å². The zero-order valence-corrected chi connectivity index (χ0v) is 13.7. The molecule has 0 unspecified atom stereocenters. The highest BCUT2D eigenvalue weighted by molar-refractivity contribution is 6.39. The first-order valence-corrected chi connectivity index (χ1v) is 7.68. The van der Waals surface area contributed by atoms with Crippen LogP contribution < -0.4 is 10.6 Å². The maximum Gasteiger partial charge on any atom is 0.313 e. The van der Waals surface area contributed by atoms with Crippen LogP contribution in [0.2, 0.25) is 0 Å². The van der Waals surface area contributed by atoms with Crippen molar-refractivity contribution in [1.82, 2.24) is 5.32 Å². The Morgan fingerprint density at radius 1 is 1.00 bits per heavy atom. The maximum absolute atomic E-state index is 12.0. The SMILES string of the molecule is Cc1ccc(NC(=O)C(=O)NC[C@H](C)c2ccccc2)c(C)c1. The summed E-state index contributed by atoms with van der Waals surface area (Å²) in [5.74, 6) is -1.11. The number of hydrogen-bond acceptors (Lipinski definition) is 2. The van der Waals surface area contributed by atoms with Gasteiger partial charge in [-0.15, -0.1) is 0 Å². The lowest BCUT2D eigenvalue weighted by atomic mass is 10.0. The molecular weight excluding hydrogens is 288 g/mol. The molecule has 0 bridgehead atoms. The zero-order chi connectivity index (χ0) is 16.8. The Bertz CT molecular complexity index is 696. The van der Waals surface area contributed by atoms with Crippen LogP contribution in [-0.4, -0.2) is 18.4 Å². The van der Waals surface area contributed by atoms with Gasteiger partial charge < -0.3 is 10.6 Å². The Morgan fingerprint density at radius 3 is 2.35 bits per heavy atom. The van der Waals surface area contributed by atoms with Crippen molar-refractivity contribution in [2.75, 3.05) is 11.9 Å². The number of amides is 2. The molecule has 120 valence electrons. The number of aryl methyl sites for hydroxylation is 2. The van der Waals surface area contributed by atoms with Crippen molar-refractivity contribution in [3.05, 3.63) is 65.2 Å². The Morgan fingerprint density at radius 2 is 1.70 bits per heavy atom. The second kappa shape index (κ2) is 7.58. The van der Waals surface area contributed by atoms with Gasteiger partial charge in [0.1, 0.15) is 0 Å². The molecule has 4 heteroatoms. The van der Waals surface area contributed by atoms with Gasteiger partial charge in [0.05, 0.1) is 0 Å². The summed E-state index contributed by atoms with van der Waals surface area (Å²) in [6.07, 6.45) is 0. The predicted octanol–water partition coefficient (Wildman–Crippen LogP) is 3.16. The molecule has 2 N–H and O–H groups in total. The lowest BCUT2D eigenvalue weighted by Gasteiger charge is -2.13. The van der Waals surface area contributed by atoms with Crippen LogP contribution in [0.15, 0.2) is 48.5 Å². The van der Waals surface area contributed by atoms with Crippen LogP contribution in [0.4, 0.5) is 5.69 Å². The van der Waals surface area contributed by atoms with Crippen LogP contribution in [0, 0.1) is 13.8 Å². The third-order valence-corrected chi connectivity index (χ3v) is 3.77. The number of benzene rings is 2. The molecule has 4 nitrogen and oxygen atoms in total. The highest BCUT2D eigenvalue weighted by atomic mass is 16.2. The summed E-state index contributed by atoms with van der Waals surface area (Å²) in [6.45, 7) is 6.31. The third kappa shape index (κ3) is 4.68. The van der Waals surface area contributed by atoms with Gasteiger partial charge in [-0.05, 0) is 37.0 Å². The third-order valence-electron chi connectivity index (χ3n) is 3.77. The van der Waals surface area contributed by atoms with Gasteiger partial charge in [-0.3, -0.25) is 9.59 Å². The first-order valence-electron chi connectivity index (χ1n) is 7.68. The molecule has 2 aromatic rings. The molecule has 0 heterocycles. The minimum absolute atomic E-state index is 0.147. The molecule has 0 aliphatic heterocycles. The normalized spacial score (nSPS) is 11.6. The van der Waals surface area contributed by atoms with Gasteiger partial charge in [0.2, 0.25) is 0 Å². The molecule has 0 radical (unpaired) electrons. The molecule has 0 aliphatic carbocycles. The van der Waals surface area contributed by atoms with E-state index in [4.69, 9.17) is 0 Å². The first-order chi connectivity index (χ1) is 11.0. The van der Waals surface area contributed by atoms with Gasteiger partial charge in [0.15, 0.2) is 0 Å². The fourth-order valence-electron chi connectivity index (χ4n) is 2.36. The fourth-order valence-corrected chi connectivity index (χ4v) is 2.36. The highest BCUT2D eigenvalue weighted by Gasteiger charge is 2.15. The summed E-state index contributed by atoms with van der Waals surface area (Å²) in [5.41, 5.74) is 3.83. The van der Waals surface area contributed by atoms with Crippen molar-refractivity contribution >= 4 is 17.5 Å².